The molecule has 4 rings (SSSR count). The number of carbonyl (C=O) groups excluding carboxylic acids is 1. The predicted molar refractivity (Wildman–Crippen MR) is 177 cm³/mol. The standard InChI is InChI=1S/C35H49N7O/c1-7-42(8-2)33(43)35(5,6)27-12-13-31-30(22-27)29(32(41-31)26-20-24(3)19-25(4)21-26)15-18-39-34(40-23-36)38-17-14-28-11-9-10-16-37-28/h12-13,19-22,28,37,41H,7-11,14-18H2,1-6H3,(H2,38,39,40). The molecule has 1 fully saturated rings. The maximum absolute atomic E-state index is 13.5. The molecule has 3 aromatic rings. The first-order valence-corrected chi connectivity index (χ1v) is 15.9. The molecule has 1 atom stereocenters. The van der Waals surface area contributed by atoms with Crippen molar-refractivity contribution in [1.82, 2.24) is 25.8 Å². The van der Waals surface area contributed by atoms with Crippen molar-refractivity contribution in [3.63, 3.8) is 0 Å². The zero-order valence-electron chi connectivity index (χ0n) is 26.9. The molecule has 2 aromatic carbocycles. The number of aromatic nitrogens is 1. The summed E-state index contributed by atoms with van der Waals surface area (Å²) in [5, 5.41) is 20.1. The van der Waals surface area contributed by atoms with Gasteiger partial charge < -0.3 is 20.5 Å². The van der Waals surface area contributed by atoms with Gasteiger partial charge in [-0.1, -0.05) is 29.7 Å². The molecule has 0 saturated carbocycles. The van der Waals surface area contributed by atoms with Gasteiger partial charge in [0.25, 0.3) is 0 Å². The molecule has 0 radical (unpaired) electrons. The molecule has 1 saturated heterocycles. The van der Waals surface area contributed by atoms with Gasteiger partial charge in [0.15, 0.2) is 6.19 Å². The number of likely N-dealkylation sites (N-methyl/N-ethyl adjacent to an activating group) is 1. The van der Waals surface area contributed by atoms with Gasteiger partial charge in [-0.15, -0.1) is 0 Å². The molecular weight excluding hydrogens is 534 g/mol. The van der Waals surface area contributed by atoms with Crippen LogP contribution in [-0.2, 0) is 16.6 Å². The Balaban J connectivity index is 1.64. The number of hydrogen-bond donors (Lipinski definition) is 4. The monoisotopic (exact) mass is 583 g/mol. The normalized spacial score (nSPS) is 15.7. The molecule has 4 N–H and O–H groups in total. The minimum absolute atomic E-state index is 0.136. The number of amides is 1. The minimum atomic E-state index is -0.656. The number of rotatable bonds is 11. The fourth-order valence-corrected chi connectivity index (χ4v) is 6.29. The van der Waals surface area contributed by atoms with Gasteiger partial charge in [0, 0.05) is 48.8 Å². The van der Waals surface area contributed by atoms with E-state index in [2.05, 4.69) is 76.2 Å². The number of aromatic amines is 1. The fourth-order valence-electron chi connectivity index (χ4n) is 6.29. The lowest BCUT2D eigenvalue weighted by Crippen LogP contribution is -2.43. The van der Waals surface area contributed by atoms with Gasteiger partial charge in [0.2, 0.25) is 11.9 Å². The molecule has 1 amide bonds. The number of hydrogen-bond acceptors (Lipinski definition) is 4. The first-order chi connectivity index (χ1) is 20.7. The Morgan fingerprint density at radius 2 is 1.86 bits per heavy atom. The molecule has 1 aliphatic rings. The van der Waals surface area contributed by atoms with E-state index in [0.717, 1.165) is 40.7 Å². The van der Waals surface area contributed by atoms with E-state index in [4.69, 9.17) is 0 Å². The van der Waals surface area contributed by atoms with Gasteiger partial charge in [-0.25, -0.2) is 0 Å². The van der Waals surface area contributed by atoms with Crippen molar-refractivity contribution in [2.24, 2.45) is 4.99 Å². The second-order valence-corrected chi connectivity index (χ2v) is 12.3. The van der Waals surface area contributed by atoms with Gasteiger partial charge in [-0.05, 0) is 115 Å². The average molecular weight is 584 g/mol. The van der Waals surface area contributed by atoms with Crippen molar-refractivity contribution < 1.29 is 4.79 Å². The number of fused-ring (bicyclic) bond motifs is 1. The number of piperidine rings is 1. The van der Waals surface area contributed by atoms with E-state index < -0.39 is 5.41 Å². The van der Waals surface area contributed by atoms with Crippen LogP contribution in [0.15, 0.2) is 41.4 Å². The number of guanidine groups is 1. The highest BCUT2D eigenvalue weighted by molar-refractivity contribution is 5.94. The lowest BCUT2D eigenvalue weighted by Gasteiger charge is -2.31. The maximum Gasteiger partial charge on any atom is 0.232 e. The summed E-state index contributed by atoms with van der Waals surface area (Å²) in [5.41, 5.74) is 7.23. The van der Waals surface area contributed by atoms with E-state index in [-0.39, 0.29) is 5.91 Å². The molecule has 1 aliphatic heterocycles. The topological polar surface area (TPSA) is 108 Å². The highest BCUT2D eigenvalue weighted by atomic mass is 16.2. The van der Waals surface area contributed by atoms with E-state index in [9.17, 15) is 10.1 Å². The Morgan fingerprint density at radius 1 is 1.12 bits per heavy atom. The number of nitrogens with zero attached hydrogens (tertiary/aromatic N) is 3. The van der Waals surface area contributed by atoms with E-state index in [1.807, 2.05) is 38.8 Å². The molecule has 0 bridgehead atoms. The molecule has 1 unspecified atom stereocenters. The van der Waals surface area contributed by atoms with Gasteiger partial charge in [0.05, 0.1) is 5.41 Å². The molecule has 0 aliphatic carbocycles. The largest absolute Gasteiger partial charge is 0.355 e. The number of benzene rings is 2. The molecule has 0 spiro atoms. The molecule has 43 heavy (non-hydrogen) atoms. The summed E-state index contributed by atoms with van der Waals surface area (Å²) in [6.45, 7) is 16.1. The summed E-state index contributed by atoms with van der Waals surface area (Å²) in [6.07, 6.45) is 7.40. The number of H-pyrrole nitrogens is 1. The van der Waals surface area contributed by atoms with Crippen LogP contribution in [-0.4, -0.2) is 60.5 Å². The minimum Gasteiger partial charge on any atom is -0.355 e. The Hall–Kier alpha value is -3.83. The van der Waals surface area contributed by atoms with Crippen molar-refractivity contribution in [2.45, 2.75) is 85.1 Å². The van der Waals surface area contributed by atoms with Crippen LogP contribution in [0.4, 0.5) is 0 Å². The Morgan fingerprint density at radius 3 is 2.51 bits per heavy atom. The molecule has 2 heterocycles. The van der Waals surface area contributed by atoms with Crippen LogP contribution < -0.4 is 16.0 Å². The van der Waals surface area contributed by atoms with E-state index in [1.165, 1.54) is 36.0 Å². The first-order valence-electron chi connectivity index (χ1n) is 15.9. The zero-order chi connectivity index (χ0) is 31.0. The highest BCUT2D eigenvalue weighted by Crippen LogP contribution is 2.35. The van der Waals surface area contributed by atoms with Crippen LogP contribution in [0.25, 0.3) is 22.2 Å². The number of nitriles is 1. The second-order valence-electron chi connectivity index (χ2n) is 12.3. The van der Waals surface area contributed by atoms with Crippen LogP contribution in [0.3, 0.4) is 0 Å². The van der Waals surface area contributed by atoms with E-state index in [1.54, 1.807) is 0 Å². The van der Waals surface area contributed by atoms with E-state index in [0.29, 0.717) is 44.6 Å². The maximum atomic E-state index is 13.5. The number of nitrogens with one attached hydrogen (secondary N) is 4. The lowest BCUT2D eigenvalue weighted by molar-refractivity contribution is -0.135. The van der Waals surface area contributed by atoms with Crippen molar-refractivity contribution in [3.05, 3.63) is 58.7 Å². The Bertz CT molecular complexity index is 1450. The van der Waals surface area contributed by atoms with Gasteiger partial charge >= 0.3 is 0 Å². The smallest absolute Gasteiger partial charge is 0.232 e. The third kappa shape index (κ3) is 7.77. The number of aryl methyl sites for hydroxylation is 2. The summed E-state index contributed by atoms with van der Waals surface area (Å²) >= 11 is 0. The lowest BCUT2D eigenvalue weighted by atomic mass is 9.82. The molecular formula is C35H49N7O. The summed E-state index contributed by atoms with van der Waals surface area (Å²) in [4.78, 5) is 23.8. The van der Waals surface area contributed by atoms with Gasteiger partial charge in [-0.3, -0.25) is 15.1 Å². The third-order valence-corrected chi connectivity index (χ3v) is 8.73. The summed E-state index contributed by atoms with van der Waals surface area (Å²) in [5.74, 6) is 0.648. The highest BCUT2D eigenvalue weighted by Gasteiger charge is 2.33. The summed E-state index contributed by atoms with van der Waals surface area (Å²) < 4.78 is 0. The van der Waals surface area contributed by atoms with E-state index >= 15 is 0 Å². The van der Waals surface area contributed by atoms with Crippen LogP contribution in [0.1, 0.15) is 75.6 Å². The zero-order valence-corrected chi connectivity index (χ0v) is 26.9. The number of carbonyl (C=O) groups is 1. The van der Waals surface area contributed by atoms with Crippen LogP contribution in [0, 0.1) is 25.3 Å². The quantitative estimate of drug-likeness (QED) is 0.100. The van der Waals surface area contributed by atoms with Crippen LogP contribution >= 0.6 is 0 Å². The first kappa shape index (κ1) is 32.1. The van der Waals surface area contributed by atoms with Crippen molar-refractivity contribution in [1.29, 1.82) is 5.26 Å². The third-order valence-electron chi connectivity index (χ3n) is 8.73. The van der Waals surface area contributed by atoms with Crippen LogP contribution in [0.5, 0.6) is 0 Å². The molecule has 230 valence electrons. The Labute approximate surface area is 257 Å². The summed E-state index contributed by atoms with van der Waals surface area (Å²) in [6, 6.07) is 13.5. The molecule has 8 nitrogen and oxygen atoms in total. The molecule has 1 aromatic heterocycles. The predicted octanol–water partition coefficient (Wildman–Crippen LogP) is 5.69. The van der Waals surface area contributed by atoms with Gasteiger partial charge in [0.1, 0.15) is 0 Å². The Kier molecular flexibility index (Phi) is 10.9. The summed E-state index contributed by atoms with van der Waals surface area (Å²) in [7, 11) is 0. The SMILES string of the molecule is CCN(CC)C(=O)C(C)(C)c1ccc2[nH]c(-c3cc(C)cc(C)c3)c(CCNC(=NCCC3CCCCN3)NC#N)c2c1. The van der Waals surface area contributed by atoms with Crippen molar-refractivity contribution >= 4 is 22.8 Å². The second kappa shape index (κ2) is 14.6. The number of aliphatic imine (C=N–C) groups is 1. The average Bonchev–Trinajstić information content (AvgIpc) is 3.35. The van der Waals surface area contributed by atoms with Crippen molar-refractivity contribution in [2.75, 3.05) is 32.7 Å². The van der Waals surface area contributed by atoms with Crippen molar-refractivity contribution in [3.8, 4) is 17.5 Å². The van der Waals surface area contributed by atoms with Crippen LogP contribution in [0.2, 0.25) is 0 Å². The fraction of sp³-hybridized carbons (Fsp3) is 0.514. The van der Waals surface area contributed by atoms with Gasteiger partial charge in [-0.2, -0.15) is 5.26 Å². The molecule has 8 heteroatoms.